The number of aromatic amines is 1. The standard InChI is InChI=1S/C18H17N3O3S/c1-23-13-8-9-14(16(10-13)24-2)15(22)11-25-18-19-17(20-21-18)12-6-4-3-5-7-12/h3-10H,11H2,1-2H3,(H,19,20,21). The Balaban J connectivity index is 1.68. The van der Waals surface area contributed by atoms with Crippen LogP contribution in [0.3, 0.4) is 0 Å². The third kappa shape index (κ3) is 4.00. The Morgan fingerprint density at radius 3 is 2.64 bits per heavy atom. The maximum Gasteiger partial charge on any atom is 0.209 e. The number of thioether (sulfide) groups is 1. The fourth-order valence-electron chi connectivity index (χ4n) is 2.27. The van der Waals surface area contributed by atoms with E-state index >= 15 is 0 Å². The minimum absolute atomic E-state index is 0.0597. The van der Waals surface area contributed by atoms with Gasteiger partial charge in [-0.05, 0) is 12.1 Å². The van der Waals surface area contributed by atoms with Crippen molar-refractivity contribution in [2.24, 2.45) is 0 Å². The summed E-state index contributed by atoms with van der Waals surface area (Å²) in [6.45, 7) is 0. The molecule has 1 heterocycles. The van der Waals surface area contributed by atoms with E-state index in [1.807, 2.05) is 30.3 Å². The summed E-state index contributed by atoms with van der Waals surface area (Å²) in [5, 5.41) is 7.57. The minimum atomic E-state index is -0.0597. The Labute approximate surface area is 149 Å². The van der Waals surface area contributed by atoms with E-state index in [1.165, 1.54) is 18.9 Å². The first-order valence-corrected chi connectivity index (χ1v) is 8.55. The molecule has 1 aromatic heterocycles. The molecule has 0 saturated heterocycles. The number of ketones is 1. The SMILES string of the molecule is COc1ccc(C(=O)CSc2n[nH]c(-c3ccccc3)n2)c(OC)c1. The normalized spacial score (nSPS) is 10.5. The van der Waals surface area contributed by atoms with Crippen molar-refractivity contribution in [3.8, 4) is 22.9 Å². The van der Waals surface area contributed by atoms with Crippen LogP contribution in [0.25, 0.3) is 11.4 Å². The minimum Gasteiger partial charge on any atom is -0.497 e. The van der Waals surface area contributed by atoms with Crippen LogP contribution in [0.2, 0.25) is 0 Å². The average Bonchev–Trinajstić information content (AvgIpc) is 3.15. The zero-order chi connectivity index (χ0) is 17.6. The average molecular weight is 355 g/mol. The van der Waals surface area contributed by atoms with Gasteiger partial charge >= 0.3 is 0 Å². The first kappa shape index (κ1) is 17.0. The predicted octanol–water partition coefficient (Wildman–Crippen LogP) is 3.46. The van der Waals surface area contributed by atoms with Gasteiger partial charge < -0.3 is 9.47 Å². The molecule has 0 spiro atoms. The molecule has 0 bridgehead atoms. The van der Waals surface area contributed by atoms with Crippen molar-refractivity contribution < 1.29 is 14.3 Å². The number of carbonyl (C=O) groups is 1. The molecule has 25 heavy (non-hydrogen) atoms. The zero-order valence-corrected chi connectivity index (χ0v) is 14.7. The summed E-state index contributed by atoms with van der Waals surface area (Å²) >= 11 is 1.28. The number of hydrogen-bond acceptors (Lipinski definition) is 6. The lowest BCUT2D eigenvalue weighted by Crippen LogP contribution is -2.05. The molecule has 0 radical (unpaired) electrons. The highest BCUT2D eigenvalue weighted by molar-refractivity contribution is 7.99. The van der Waals surface area contributed by atoms with Gasteiger partial charge in [0, 0.05) is 11.6 Å². The molecule has 3 aromatic rings. The Hall–Kier alpha value is -2.80. The third-order valence-corrected chi connectivity index (χ3v) is 4.40. The maximum absolute atomic E-state index is 12.5. The van der Waals surface area contributed by atoms with Gasteiger partial charge in [0.25, 0.3) is 0 Å². The second-order valence-electron chi connectivity index (χ2n) is 5.11. The number of H-pyrrole nitrogens is 1. The summed E-state index contributed by atoms with van der Waals surface area (Å²) in [6, 6.07) is 14.8. The lowest BCUT2D eigenvalue weighted by atomic mass is 10.1. The predicted molar refractivity (Wildman–Crippen MR) is 96.4 cm³/mol. The van der Waals surface area contributed by atoms with E-state index in [-0.39, 0.29) is 11.5 Å². The van der Waals surface area contributed by atoms with Crippen molar-refractivity contribution in [2.75, 3.05) is 20.0 Å². The molecule has 128 valence electrons. The van der Waals surface area contributed by atoms with Crippen LogP contribution in [0.15, 0.2) is 53.7 Å². The van der Waals surface area contributed by atoms with Gasteiger partial charge in [-0.25, -0.2) is 4.98 Å². The molecule has 6 nitrogen and oxygen atoms in total. The molecule has 0 fully saturated rings. The number of nitrogens with one attached hydrogen (secondary N) is 1. The number of ether oxygens (including phenoxy) is 2. The van der Waals surface area contributed by atoms with Crippen molar-refractivity contribution in [2.45, 2.75) is 5.16 Å². The van der Waals surface area contributed by atoms with Gasteiger partial charge in [0.05, 0.1) is 25.5 Å². The molecule has 3 rings (SSSR count). The summed E-state index contributed by atoms with van der Waals surface area (Å²) in [4.78, 5) is 16.9. The highest BCUT2D eigenvalue weighted by Crippen LogP contribution is 2.27. The number of nitrogens with zero attached hydrogens (tertiary/aromatic N) is 2. The topological polar surface area (TPSA) is 77.1 Å². The summed E-state index contributed by atoms with van der Waals surface area (Å²) < 4.78 is 10.4. The van der Waals surface area contributed by atoms with Gasteiger partial charge in [0.1, 0.15) is 11.5 Å². The smallest absolute Gasteiger partial charge is 0.209 e. The van der Waals surface area contributed by atoms with Crippen LogP contribution < -0.4 is 9.47 Å². The highest BCUT2D eigenvalue weighted by atomic mass is 32.2. The van der Waals surface area contributed by atoms with E-state index in [4.69, 9.17) is 9.47 Å². The van der Waals surface area contributed by atoms with Crippen LogP contribution >= 0.6 is 11.8 Å². The quantitative estimate of drug-likeness (QED) is 0.517. The van der Waals surface area contributed by atoms with E-state index in [2.05, 4.69) is 15.2 Å². The van der Waals surface area contributed by atoms with Gasteiger partial charge in [-0.15, -0.1) is 5.10 Å². The summed E-state index contributed by atoms with van der Waals surface area (Å²) in [7, 11) is 3.10. The van der Waals surface area contributed by atoms with Gasteiger partial charge in [-0.3, -0.25) is 9.89 Å². The molecule has 7 heteroatoms. The first-order chi connectivity index (χ1) is 12.2. The fraction of sp³-hybridized carbons (Fsp3) is 0.167. The second kappa shape index (κ2) is 7.85. The number of Topliss-reactive ketones (excluding diaryl/α,β-unsaturated/α-hetero) is 1. The molecule has 0 atom stereocenters. The van der Waals surface area contributed by atoms with E-state index in [0.29, 0.717) is 28.0 Å². The number of methoxy groups -OCH3 is 2. The second-order valence-corrected chi connectivity index (χ2v) is 6.05. The zero-order valence-electron chi connectivity index (χ0n) is 13.9. The number of hydrogen-bond donors (Lipinski definition) is 1. The van der Waals surface area contributed by atoms with E-state index in [0.717, 1.165) is 5.56 Å². The van der Waals surface area contributed by atoms with E-state index < -0.39 is 0 Å². The molecule has 1 N–H and O–H groups in total. The molecule has 2 aromatic carbocycles. The molecular weight excluding hydrogens is 338 g/mol. The Morgan fingerprint density at radius 2 is 1.92 bits per heavy atom. The van der Waals surface area contributed by atoms with E-state index in [9.17, 15) is 4.79 Å². The number of rotatable bonds is 7. The number of carbonyl (C=O) groups excluding carboxylic acids is 1. The maximum atomic E-state index is 12.5. The van der Waals surface area contributed by atoms with Crippen LogP contribution in [0.4, 0.5) is 0 Å². The summed E-state index contributed by atoms with van der Waals surface area (Å²) in [5.74, 6) is 1.97. The summed E-state index contributed by atoms with van der Waals surface area (Å²) in [5.41, 5.74) is 1.46. The van der Waals surface area contributed by atoms with E-state index in [1.54, 1.807) is 25.3 Å². The molecule has 0 unspecified atom stereocenters. The lowest BCUT2D eigenvalue weighted by Gasteiger charge is -2.08. The molecular formula is C18H17N3O3S. The van der Waals surface area contributed by atoms with Crippen LogP contribution in [0.1, 0.15) is 10.4 Å². The molecule has 0 amide bonds. The summed E-state index contributed by atoms with van der Waals surface area (Å²) in [6.07, 6.45) is 0. The Bertz CT molecular complexity index is 865. The van der Waals surface area contributed by atoms with Crippen molar-refractivity contribution in [3.05, 3.63) is 54.1 Å². The van der Waals surface area contributed by atoms with Gasteiger partial charge in [0.15, 0.2) is 11.6 Å². The van der Waals surface area contributed by atoms with Crippen molar-refractivity contribution in [1.82, 2.24) is 15.2 Å². The highest BCUT2D eigenvalue weighted by Gasteiger charge is 2.15. The Morgan fingerprint density at radius 1 is 1.12 bits per heavy atom. The lowest BCUT2D eigenvalue weighted by molar-refractivity contribution is 0.101. The van der Waals surface area contributed by atoms with Crippen LogP contribution in [0.5, 0.6) is 11.5 Å². The Kier molecular flexibility index (Phi) is 5.35. The van der Waals surface area contributed by atoms with Crippen molar-refractivity contribution >= 4 is 17.5 Å². The first-order valence-electron chi connectivity index (χ1n) is 7.57. The van der Waals surface area contributed by atoms with Gasteiger partial charge in [-0.2, -0.15) is 0 Å². The third-order valence-electron chi connectivity index (χ3n) is 3.55. The van der Waals surface area contributed by atoms with Gasteiger partial charge in [-0.1, -0.05) is 42.1 Å². The monoisotopic (exact) mass is 355 g/mol. The van der Waals surface area contributed by atoms with Crippen molar-refractivity contribution in [3.63, 3.8) is 0 Å². The number of benzene rings is 2. The number of aromatic nitrogens is 3. The molecule has 0 aliphatic rings. The largest absolute Gasteiger partial charge is 0.497 e. The molecule has 0 aliphatic carbocycles. The van der Waals surface area contributed by atoms with Crippen molar-refractivity contribution in [1.29, 1.82) is 0 Å². The van der Waals surface area contributed by atoms with Gasteiger partial charge in [0.2, 0.25) is 5.16 Å². The molecule has 0 saturated carbocycles. The fourth-order valence-corrected chi connectivity index (χ4v) is 2.95. The van der Waals surface area contributed by atoms with Crippen LogP contribution in [0, 0.1) is 0 Å². The van der Waals surface area contributed by atoms with Crippen LogP contribution in [-0.2, 0) is 0 Å². The van der Waals surface area contributed by atoms with Crippen LogP contribution in [-0.4, -0.2) is 40.9 Å². The molecule has 0 aliphatic heterocycles.